The van der Waals surface area contributed by atoms with Crippen molar-refractivity contribution < 1.29 is 9.47 Å². The van der Waals surface area contributed by atoms with Crippen molar-refractivity contribution in [3.8, 4) is 11.5 Å². The molecule has 0 aliphatic carbocycles. The van der Waals surface area contributed by atoms with Gasteiger partial charge in [0.1, 0.15) is 5.75 Å². The highest BCUT2D eigenvalue weighted by Crippen LogP contribution is 2.35. The molecule has 0 aliphatic rings. The van der Waals surface area contributed by atoms with Crippen molar-refractivity contribution >= 4 is 28.9 Å². The first kappa shape index (κ1) is 14.8. The largest absolute Gasteiger partial charge is 0.497 e. The van der Waals surface area contributed by atoms with E-state index in [0.717, 1.165) is 17.0 Å². The van der Waals surface area contributed by atoms with E-state index in [1.807, 2.05) is 24.3 Å². The molecule has 106 valence electrons. The van der Waals surface area contributed by atoms with Crippen LogP contribution in [0.3, 0.4) is 0 Å². The van der Waals surface area contributed by atoms with Crippen LogP contribution in [0.5, 0.6) is 11.5 Å². The van der Waals surface area contributed by atoms with Crippen molar-refractivity contribution in [1.29, 1.82) is 0 Å². The molecule has 2 aromatic rings. The second-order valence-electron chi connectivity index (χ2n) is 4.17. The number of hydrogen-bond acceptors (Lipinski definition) is 3. The highest BCUT2D eigenvalue weighted by molar-refractivity contribution is 6.37. The molecule has 0 amide bonds. The molecule has 0 saturated heterocycles. The summed E-state index contributed by atoms with van der Waals surface area (Å²) in [5, 5.41) is 4.23. The van der Waals surface area contributed by atoms with Crippen LogP contribution in [-0.2, 0) is 6.54 Å². The highest BCUT2D eigenvalue weighted by atomic mass is 35.5. The average molecular weight is 312 g/mol. The second-order valence-corrected chi connectivity index (χ2v) is 4.99. The third-order valence-corrected chi connectivity index (χ3v) is 3.42. The van der Waals surface area contributed by atoms with Crippen molar-refractivity contribution in [2.75, 3.05) is 19.5 Å². The fourth-order valence-electron chi connectivity index (χ4n) is 1.80. The van der Waals surface area contributed by atoms with E-state index in [-0.39, 0.29) is 0 Å². The Labute approximate surface area is 128 Å². The molecular formula is C15H15Cl2NO2. The molecule has 0 fully saturated rings. The highest BCUT2D eigenvalue weighted by Gasteiger charge is 2.08. The number of rotatable bonds is 5. The summed E-state index contributed by atoms with van der Waals surface area (Å²) in [5.41, 5.74) is 1.98. The molecule has 20 heavy (non-hydrogen) atoms. The third-order valence-electron chi connectivity index (χ3n) is 2.86. The lowest BCUT2D eigenvalue weighted by molar-refractivity contribution is 0.414. The van der Waals surface area contributed by atoms with Crippen molar-refractivity contribution in [1.82, 2.24) is 0 Å². The molecule has 0 aromatic heterocycles. The maximum absolute atomic E-state index is 6.09. The number of halogens is 2. The quantitative estimate of drug-likeness (QED) is 0.873. The molecule has 0 bridgehead atoms. The third kappa shape index (κ3) is 3.50. The van der Waals surface area contributed by atoms with Crippen molar-refractivity contribution in [2.24, 2.45) is 0 Å². The standard InChI is InChI=1S/C15H15Cl2NO2/c1-19-12-5-3-10(4-6-12)9-18-11-7-13(16)15(20-2)14(17)8-11/h3-8,18H,9H2,1-2H3. The molecule has 0 spiro atoms. The van der Waals surface area contributed by atoms with Crippen LogP contribution in [0.1, 0.15) is 5.56 Å². The Hall–Kier alpha value is -1.58. The summed E-state index contributed by atoms with van der Waals surface area (Å²) in [6.45, 7) is 0.670. The van der Waals surface area contributed by atoms with E-state index in [1.165, 1.54) is 7.11 Å². The van der Waals surface area contributed by atoms with E-state index in [0.29, 0.717) is 22.3 Å². The first-order valence-electron chi connectivity index (χ1n) is 6.04. The number of hydrogen-bond donors (Lipinski definition) is 1. The molecule has 3 nitrogen and oxygen atoms in total. The maximum atomic E-state index is 6.09. The Balaban J connectivity index is 2.06. The topological polar surface area (TPSA) is 30.5 Å². The zero-order chi connectivity index (χ0) is 14.5. The molecule has 5 heteroatoms. The molecule has 0 aliphatic heterocycles. The molecular weight excluding hydrogens is 297 g/mol. The fourth-order valence-corrected chi connectivity index (χ4v) is 2.45. The Kier molecular flexibility index (Phi) is 4.99. The Bertz CT molecular complexity index is 562. The zero-order valence-electron chi connectivity index (χ0n) is 11.2. The molecule has 1 N–H and O–H groups in total. The summed E-state index contributed by atoms with van der Waals surface area (Å²) in [6, 6.07) is 11.4. The molecule has 0 heterocycles. The van der Waals surface area contributed by atoms with E-state index in [9.17, 15) is 0 Å². The first-order chi connectivity index (χ1) is 9.63. The van der Waals surface area contributed by atoms with Gasteiger partial charge in [-0.1, -0.05) is 35.3 Å². The summed E-state index contributed by atoms with van der Waals surface area (Å²) in [4.78, 5) is 0. The van der Waals surface area contributed by atoms with Gasteiger partial charge in [-0.25, -0.2) is 0 Å². The van der Waals surface area contributed by atoms with Gasteiger partial charge in [0.15, 0.2) is 5.75 Å². The molecule has 0 saturated carbocycles. The predicted octanol–water partition coefficient (Wildman–Crippen LogP) is 4.62. The minimum absolute atomic E-state index is 0.484. The molecule has 2 aromatic carbocycles. The van der Waals surface area contributed by atoms with Crippen LogP contribution in [0, 0.1) is 0 Å². The van der Waals surface area contributed by atoms with Crippen molar-refractivity contribution in [2.45, 2.75) is 6.54 Å². The smallest absolute Gasteiger partial charge is 0.156 e. The lowest BCUT2D eigenvalue weighted by atomic mass is 10.2. The fraction of sp³-hybridized carbons (Fsp3) is 0.200. The van der Waals surface area contributed by atoms with Crippen LogP contribution in [0.15, 0.2) is 36.4 Å². The minimum atomic E-state index is 0.484. The zero-order valence-corrected chi connectivity index (χ0v) is 12.8. The van der Waals surface area contributed by atoms with E-state index in [4.69, 9.17) is 32.7 Å². The lowest BCUT2D eigenvalue weighted by Gasteiger charge is -2.11. The van der Waals surface area contributed by atoms with Crippen LogP contribution in [0.2, 0.25) is 10.0 Å². The molecule has 0 radical (unpaired) electrons. The summed E-state index contributed by atoms with van der Waals surface area (Å²) >= 11 is 12.2. The van der Waals surface area contributed by atoms with Gasteiger partial charge in [-0.2, -0.15) is 0 Å². The van der Waals surface area contributed by atoms with E-state index in [2.05, 4.69) is 5.32 Å². The van der Waals surface area contributed by atoms with Gasteiger partial charge < -0.3 is 14.8 Å². The second kappa shape index (κ2) is 6.73. The maximum Gasteiger partial charge on any atom is 0.156 e. The van der Waals surface area contributed by atoms with E-state index < -0.39 is 0 Å². The van der Waals surface area contributed by atoms with E-state index >= 15 is 0 Å². The number of nitrogens with one attached hydrogen (secondary N) is 1. The van der Waals surface area contributed by atoms with Crippen LogP contribution >= 0.6 is 23.2 Å². The van der Waals surface area contributed by atoms with Crippen molar-refractivity contribution in [3.05, 3.63) is 52.0 Å². The summed E-state index contributed by atoms with van der Waals surface area (Å²) < 4.78 is 10.2. The first-order valence-corrected chi connectivity index (χ1v) is 6.79. The summed E-state index contributed by atoms with van der Waals surface area (Å²) in [6.07, 6.45) is 0. The normalized spacial score (nSPS) is 10.2. The van der Waals surface area contributed by atoms with Crippen LogP contribution in [-0.4, -0.2) is 14.2 Å². The molecule has 0 atom stereocenters. The predicted molar refractivity (Wildman–Crippen MR) is 83.3 cm³/mol. The lowest BCUT2D eigenvalue weighted by Crippen LogP contribution is -2.00. The Morgan fingerprint density at radius 2 is 1.55 bits per heavy atom. The summed E-state index contributed by atoms with van der Waals surface area (Å²) in [5.74, 6) is 1.33. The van der Waals surface area contributed by atoms with Crippen LogP contribution < -0.4 is 14.8 Å². The van der Waals surface area contributed by atoms with Gasteiger partial charge in [-0.05, 0) is 29.8 Å². The van der Waals surface area contributed by atoms with Crippen LogP contribution in [0.4, 0.5) is 5.69 Å². The molecule has 2 rings (SSSR count). The van der Waals surface area contributed by atoms with Gasteiger partial charge >= 0.3 is 0 Å². The van der Waals surface area contributed by atoms with Gasteiger partial charge in [-0.3, -0.25) is 0 Å². The number of benzene rings is 2. The number of methoxy groups -OCH3 is 2. The van der Waals surface area contributed by atoms with Crippen molar-refractivity contribution in [3.63, 3.8) is 0 Å². The monoisotopic (exact) mass is 311 g/mol. The Morgan fingerprint density at radius 3 is 2.05 bits per heavy atom. The van der Waals surface area contributed by atoms with Crippen LogP contribution in [0.25, 0.3) is 0 Å². The van der Waals surface area contributed by atoms with Gasteiger partial charge in [0.2, 0.25) is 0 Å². The number of ether oxygens (including phenoxy) is 2. The van der Waals surface area contributed by atoms with Gasteiger partial charge in [0, 0.05) is 12.2 Å². The van der Waals surface area contributed by atoms with E-state index in [1.54, 1.807) is 19.2 Å². The summed E-state index contributed by atoms with van der Waals surface area (Å²) in [7, 11) is 3.19. The molecule has 0 unspecified atom stereocenters. The van der Waals surface area contributed by atoms with Gasteiger partial charge in [0.05, 0.1) is 24.3 Å². The number of anilines is 1. The average Bonchev–Trinajstić information content (AvgIpc) is 2.45. The van der Waals surface area contributed by atoms with Gasteiger partial charge in [0.25, 0.3) is 0 Å². The van der Waals surface area contributed by atoms with Gasteiger partial charge in [-0.15, -0.1) is 0 Å². The SMILES string of the molecule is COc1ccc(CNc2cc(Cl)c(OC)c(Cl)c2)cc1. The minimum Gasteiger partial charge on any atom is -0.497 e. The Morgan fingerprint density at radius 1 is 0.950 bits per heavy atom.